The van der Waals surface area contributed by atoms with Gasteiger partial charge in [0, 0.05) is 44.1 Å². The monoisotopic (exact) mass is 395 g/mol. The first kappa shape index (κ1) is 20.7. The number of ether oxygens (including phenoxy) is 1. The summed E-state index contributed by atoms with van der Waals surface area (Å²) in [6.07, 6.45) is -0.0929. The van der Waals surface area contributed by atoms with Gasteiger partial charge in [0.1, 0.15) is 12.2 Å². The third kappa shape index (κ3) is 5.08. The molecule has 0 unspecified atom stereocenters. The average molecular weight is 396 g/mol. The van der Waals surface area contributed by atoms with E-state index in [4.69, 9.17) is 4.74 Å². The fourth-order valence-electron chi connectivity index (χ4n) is 3.64. The van der Waals surface area contributed by atoms with E-state index >= 15 is 0 Å². The van der Waals surface area contributed by atoms with Crippen molar-refractivity contribution in [2.75, 3.05) is 49.6 Å². The fraction of sp³-hybridized carbons (Fsp3) is 0.391. The van der Waals surface area contributed by atoms with E-state index in [1.165, 1.54) is 0 Å². The van der Waals surface area contributed by atoms with E-state index in [0.29, 0.717) is 19.6 Å². The summed E-state index contributed by atoms with van der Waals surface area (Å²) in [5.41, 5.74) is 3.05. The molecule has 2 amide bonds. The molecule has 0 bridgehead atoms. The van der Waals surface area contributed by atoms with Gasteiger partial charge in [0.05, 0.1) is 7.11 Å². The molecule has 1 heterocycles. The van der Waals surface area contributed by atoms with Crippen LogP contribution in [0.2, 0.25) is 0 Å². The molecule has 0 N–H and O–H groups in total. The maximum Gasteiger partial charge on any atom is 0.236 e. The van der Waals surface area contributed by atoms with E-state index in [-0.39, 0.29) is 18.2 Å². The van der Waals surface area contributed by atoms with Crippen LogP contribution < -0.4 is 14.5 Å². The van der Waals surface area contributed by atoms with Crippen molar-refractivity contribution in [3.05, 3.63) is 54.1 Å². The Bertz CT molecular complexity index is 843. The lowest BCUT2D eigenvalue weighted by atomic mass is 10.2. The van der Waals surface area contributed by atoms with E-state index in [1.807, 2.05) is 62.4 Å². The first-order valence-electron chi connectivity index (χ1n) is 10.1. The van der Waals surface area contributed by atoms with Crippen LogP contribution in [0.1, 0.15) is 18.9 Å². The van der Waals surface area contributed by atoms with Crippen molar-refractivity contribution in [2.45, 2.75) is 20.3 Å². The summed E-state index contributed by atoms with van der Waals surface area (Å²) in [5, 5.41) is 0. The first-order chi connectivity index (χ1) is 14.0. The highest BCUT2D eigenvalue weighted by molar-refractivity contribution is 6.05. The molecule has 2 aromatic rings. The maximum atomic E-state index is 12.7. The number of benzene rings is 2. The largest absolute Gasteiger partial charge is 0.497 e. The van der Waals surface area contributed by atoms with Gasteiger partial charge in [0.2, 0.25) is 11.8 Å². The molecule has 29 heavy (non-hydrogen) atoms. The zero-order valence-corrected chi connectivity index (χ0v) is 17.4. The number of aryl methyl sites for hydroxylation is 1. The number of rotatable bonds is 6. The Morgan fingerprint density at radius 3 is 2.31 bits per heavy atom. The zero-order chi connectivity index (χ0) is 20.8. The smallest absolute Gasteiger partial charge is 0.236 e. The molecule has 3 rings (SSSR count). The van der Waals surface area contributed by atoms with Crippen molar-refractivity contribution >= 4 is 23.2 Å². The van der Waals surface area contributed by atoms with Crippen molar-refractivity contribution in [1.29, 1.82) is 0 Å². The van der Waals surface area contributed by atoms with E-state index in [9.17, 15) is 9.59 Å². The van der Waals surface area contributed by atoms with Gasteiger partial charge in [0.15, 0.2) is 0 Å². The van der Waals surface area contributed by atoms with Gasteiger partial charge in [-0.1, -0.05) is 12.1 Å². The van der Waals surface area contributed by atoms with E-state index in [2.05, 4.69) is 4.90 Å². The molecule has 0 spiro atoms. The van der Waals surface area contributed by atoms with Crippen LogP contribution in [0.4, 0.5) is 11.4 Å². The number of hydrogen-bond acceptors (Lipinski definition) is 4. The van der Waals surface area contributed by atoms with Crippen LogP contribution in [-0.2, 0) is 9.59 Å². The molecule has 0 saturated carbocycles. The molecule has 1 saturated heterocycles. The van der Waals surface area contributed by atoms with Crippen LogP contribution in [0.3, 0.4) is 0 Å². The highest BCUT2D eigenvalue weighted by Crippen LogP contribution is 2.21. The normalized spacial score (nSPS) is 13.9. The lowest BCUT2D eigenvalue weighted by Crippen LogP contribution is -2.49. The van der Waals surface area contributed by atoms with Gasteiger partial charge in [-0.3, -0.25) is 9.59 Å². The van der Waals surface area contributed by atoms with Gasteiger partial charge in [-0.2, -0.15) is 0 Å². The minimum absolute atomic E-state index is 0.0929. The SMILES string of the molecule is CCN(C(=O)CC(=O)N1CCN(c2ccc(OC)cc2)CC1)c1cccc(C)c1. The van der Waals surface area contributed by atoms with Crippen molar-refractivity contribution < 1.29 is 14.3 Å². The number of methoxy groups -OCH3 is 1. The van der Waals surface area contributed by atoms with Crippen LogP contribution in [0.15, 0.2) is 48.5 Å². The second-order valence-electron chi connectivity index (χ2n) is 7.22. The van der Waals surface area contributed by atoms with Gasteiger partial charge in [0.25, 0.3) is 0 Å². The number of nitrogens with zero attached hydrogens (tertiary/aromatic N) is 3. The first-order valence-corrected chi connectivity index (χ1v) is 10.1. The van der Waals surface area contributed by atoms with Crippen molar-refractivity contribution in [3.63, 3.8) is 0 Å². The Morgan fingerprint density at radius 1 is 1.03 bits per heavy atom. The molecule has 0 aromatic heterocycles. The zero-order valence-electron chi connectivity index (χ0n) is 17.4. The molecule has 0 aliphatic carbocycles. The predicted octanol–water partition coefficient (Wildman–Crippen LogP) is 3.10. The minimum Gasteiger partial charge on any atom is -0.497 e. The summed E-state index contributed by atoms with van der Waals surface area (Å²) in [6.45, 7) is 7.21. The van der Waals surface area contributed by atoms with Crippen molar-refractivity contribution in [2.24, 2.45) is 0 Å². The summed E-state index contributed by atoms with van der Waals surface area (Å²) in [4.78, 5) is 31.2. The molecule has 0 radical (unpaired) electrons. The van der Waals surface area contributed by atoms with Gasteiger partial charge in [-0.25, -0.2) is 0 Å². The molecule has 1 aliphatic heterocycles. The topological polar surface area (TPSA) is 53.1 Å². The summed E-state index contributed by atoms with van der Waals surface area (Å²) in [6, 6.07) is 15.7. The quantitative estimate of drug-likeness (QED) is 0.706. The highest BCUT2D eigenvalue weighted by atomic mass is 16.5. The molecule has 0 atom stereocenters. The average Bonchev–Trinajstić information content (AvgIpc) is 2.74. The lowest BCUT2D eigenvalue weighted by Gasteiger charge is -2.36. The molecule has 6 nitrogen and oxygen atoms in total. The molecule has 1 fully saturated rings. The number of amides is 2. The lowest BCUT2D eigenvalue weighted by molar-refractivity contribution is -0.135. The molecule has 2 aromatic carbocycles. The standard InChI is InChI=1S/C23H29N3O3/c1-4-26(20-7-5-6-18(2)16-20)23(28)17-22(27)25-14-12-24(13-15-25)19-8-10-21(29-3)11-9-19/h5-11,16H,4,12-15,17H2,1-3H3. The summed E-state index contributed by atoms with van der Waals surface area (Å²) >= 11 is 0. The maximum absolute atomic E-state index is 12.7. The van der Waals surface area contributed by atoms with E-state index < -0.39 is 0 Å². The highest BCUT2D eigenvalue weighted by Gasteiger charge is 2.25. The number of carbonyl (C=O) groups excluding carboxylic acids is 2. The van der Waals surface area contributed by atoms with Crippen molar-refractivity contribution in [1.82, 2.24) is 4.90 Å². The molecule has 154 valence electrons. The fourth-order valence-corrected chi connectivity index (χ4v) is 3.64. The van der Waals surface area contributed by atoms with E-state index in [1.54, 1.807) is 16.9 Å². The minimum atomic E-state index is -0.152. The Hall–Kier alpha value is -3.02. The van der Waals surface area contributed by atoms with Crippen LogP contribution in [0.5, 0.6) is 5.75 Å². The number of piperazine rings is 1. The number of anilines is 2. The van der Waals surface area contributed by atoms with E-state index in [0.717, 1.165) is 35.8 Å². The summed E-state index contributed by atoms with van der Waals surface area (Å²) < 4.78 is 5.20. The van der Waals surface area contributed by atoms with Gasteiger partial charge in [-0.15, -0.1) is 0 Å². The Morgan fingerprint density at radius 2 is 1.72 bits per heavy atom. The van der Waals surface area contributed by atoms with Gasteiger partial charge in [-0.05, 0) is 55.8 Å². The Labute approximate surface area is 172 Å². The number of carbonyl (C=O) groups is 2. The summed E-state index contributed by atoms with van der Waals surface area (Å²) in [5.74, 6) is 0.575. The number of hydrogen-bond donors (Lipinski definition) is 0. The molecular formula is C23H29N3O3. The van der Waals surface area contributed by atoms with Gasteiger partial charge >= 0.3 is 0 Å². The van der Waals surface area contributed by atoms with Crippen molar-refractivity contribution in [3.8, 4) is 5.75 Å². The molecule has 6 heteroatoms. The predicted molar refractivity (Wildman–Crippen MR) is 116 cm³/mol. The summed E-state index contributed by atoms with van der Waals surface area (Å²) in [7, 11) is 1.65. The van der Waals surface area contributed by atoms with Crippen LogP contribution in [-0.4, -0.2) is 56.5 Å². The van der Waals surface area contributed by atoms with Crippen LogP contribution in [0, 0.1) is 6.92 Å². The molecule has 1 aliphatic rings. The second-order valence-corrected chi connectivity index (χ2v) is 7.22. The third-order valence-electron chi connectivity index (χ3n) is 5.30. The Balaban J connectivity index is 1.55. The Kier molecular flexibility index (Phi) is 6.75. The molecular weight excluding hydrogens is 366 g/mol. The third-order valence-corrected chi connectivity index (χ3v) is 5.30. The van der Waals surface area contributed by atoms with Crippen LogP contribution >= 0.6 is 0 Å². The van der Waals surface area contributed by atoms with Crippen LogP contribution in [0.25, 0.3) is 0 Å². The van der Waals surface area contributed by atoms with Gasteiger partial charge < -0.3 is 19.4 Å². The second kappa shape index (κ2) is 9.45.